The maximum absolute atomic E-state index is 13.9. The van der Waals surface area contributed by atoms with Crippen LogP contribution in [0, 0.1) is 34.1 Å². The van der Waals surface area contributed by atoms with Gasteiger partial charge in [-0.1, -0.05) is 22.9 Å². The molecule has 30 heavy (non-hydrogen) atoms. The first-order valence-corrected chi connectivity index (χ1v) is 10.2. The number of aryl methyl sites for hydroxylation is 1. The third-order valence-electron chi connectivity index (χ3n) is 4.38. The summed E-state index contributed by atoms with van der Waals surface area (Å²) in [6.45, 7) is 5.21. The Kier molecular flexibility index (Phi) is 7.12. The molecule has 12 heteroatoms. The van der Waals surface area contributed by atoms with E-state index in [9.17, 15) is 33.4 Å². The lowest BCUT2D eigenvalue weighted by Gasteiger charge is -2.29. The zero-order valence-corrected chi connectivity index (χ0v) is 19.2. The zero-order valence-electron chi connectivity index (χ0n) is 16.0. The van der Waals surface area contributed by atoms with E-state index in [1.165, 1.54) is 4.90 Å². The monoisotopic (exact) mass is 553 g/mol. The molecule has 0 aromatic heterocycles. The second-order valence-corrected chi connectivity index (χ2v) is 8.08. The second-order valence-electron chi connectivity index (χ2n) is 6.49. The van der Waals surface area contributed by atoms with Crippen LogP contribution in [-0.2, 0) is 6.18 Å². The number of rotatable bonds is 6. The third-order valence-corrected chi connectivity index (χ3v) is 6.60. The van der Waals surface area contributed by atoms with Crippen molar-refractivity contribution in [1.29, 1.82) is 0 Å². The number of hydrogen-bond acceptors (Lipinski definition) is 5. The molecule has 0 N–H and O–H groups in total. The fourth-order valence-corrected chi connectivity index (χ4v) is 4.14. The maximum atomic E-state index is 13.9. The number of alkyl halides is 3. The van der Waals surface area contributed by atoms with Crippen molar-refractivity contribution < 1.29 is 23.0 Å². The molecule has 162 valence electrons. The number of benzene rings is 2. The SMILES string of the molecule is CCCN(c1cc(C)c(Br)c(C)c1Br)c1c([N+](=O)[O-])cc([N+](=O)[O-])cc1C(F)(F)F. The summed E-state index contributed by atoms with van der Waals surface area (Å²) in [7, 11) is 0. The van der Waals surface area contributed by atoms with E-state index in [1.807, 2.05) is 0 Å². The minimum Gasteiger partial charge on any atom is -0.334 e. The zero-order chi connectivity index (χ0) is 23.0. The van der Waals surface area contributed by atoms with Crippen LogP contribution in [0.1, 0.15) is 30.0 Å². The number of nitro groups is 2. The number of hydrogen-bond donors (Lipinski definition) is 0. The highest BCUT2D eigenvalue weighted by Gasteiger charge is 2.42. The molecule has 0 radical (unpaired) electrons. The first-order valence-electron chi connectivity index (χ1n) is 8.58. The molecule has 0 amide bonds. The summed E-state index contributed by atoms with van der Waals surface area (Å²) >= 11 is 6.78. The molecular formula is C18H16Br2F3N3O4. The highest BCUT2D eigenvalue weighted by Crippen LogP contribution is 2.48. The lowest BCUT2D eigenvalue weighted by molar-refractivity contribution is -0.394. The first kappa shape index (κ1) is 24.1. The van der Waals surface area contributed by atoms with E-state index in [0.29, 0.717) is 34.2 Å². The minimum absolute atomic E-state index is 0.0147. The number of nitro benzene ring substituents is 2. The molecule has 0 heterocycles. The fraction of sp³-hybridized carbons (Fsp3) is 0.333. The van der Waals surface area contributed by atoms with Crippen LogP contribution in [0.4, 0.5) is 35.9 Å². The molecule has 0 aliphatic heterocycles. The molecule has 0 saturated heterocycles. The predicted molar refractivity (Wildman–Crippen MR) is 113 cm³/mol. The van der Waals surface area contributed by atoms with E-state index in [0.717, 1.165) is 4.47 Å². The van der Waals surface area contributed by atoms with E-state index in [4.69, 9.17) is 0 Å². The van der Waals surface area contributed by atoms with Crippen molar-refractivity contribution in [1.82, 2.24) is 0 Å². The molecule has 0 bridgehead atoms. The van der Waals surface area contributed by atoms with Gasteiger partial charge in [-0.15, -0.1) is 0 Å². The summed E-state index contributed by atoms with van der Waals surface area (Å²) in [5, 5.41) is 22.8. The van der Waals surface area contributed by atoms with Crippen molar-refractivity contribution in [2.24, 2.45) is 0 Å². The van der Waals surface area contributed by atoms with Gasteiger partial charge in [0.25, 0.3) is 11.4 Å². The van der Waals surface area contributed by atoms with Gasteiger partial charge >= 0.3 is 6.18 Å². The van der Waals surface area contributed by atoms with E-state index < -0.39 is 38.6 Å². The quantitative estimate of drug-likeness (QED) is 0.278. The number of anilines is 2. The van der Waals surface area contributed by atoms with Crippen molar-refractivity contribution in [2.45, 2.75) is 33.4 Å². The molecule has 7 nitrogen and oxygen atoms in total. The smallest absolute Gasteiger partial charge is 0.334 e. The highest BCUT2D eigenvalue weighted by atomic mass is 79.9. The van der Waals surface area contributed by atoms with Gasteiger partial charge in [0.2, 0.25) is 0 Å². The van der Waals surface area contributed by atoms with Gasteiger partial charge in [0.05, 0.1) is 27.2 Å². The van der Waals surface area contributed by atoms with Crippen LogP contribution < -0.4 is 4.90 Å². The molecular weight excluding hydrogens is 539 g/mol. The molecule has 0 atom stereocenters. The van der Waals surface area contributed by atoms with E-state index in [-0.39, 0.29) is 12.2 Å². The van der Waals surface area contributed by atoms with Gasteiger partial charge in [0.1, 0.15) is 5.69 Å². The molecule has 0 saturated carbocycles. The summed E-state index contributed by atoms with van der Waals surface area (Å²) < 4.78 is 42.8. The van der Waals surface area contributed by atoms with Gasteiger partial charge in [-0.2, -0.15) is 13.2 Å². The average Bonchev–Trinajstić information content (AvgIpc) is 2.65. The number of nitrogens with zero attached hydrogens (tertiary/aromatic N) is 3. The summed E-state index contributed by atoms with van der Waals surface area (Å²) in [6.07, 6.45) is -4.68. The molecule has 0 fully saturated rings. The Morgan fingerprint density at radius 2 is 1.63 bits per heavy atom. The topological polar surface area (TPSA) is 89.5 Å². The first-order chi connectivity index (χ1) is 13.8. The van der Waals surface area contributed by atoms with Crippen molar-refractivity contribution in [3.63, 3.8) is 0 Å². The van der Waals surface area contributed by atoms with Crippen LogP contribution in [0.5, 0.6) is 0 Å². The van der Waals surface area contributed by atoms with Gasteiger partial charge in [0, 0.05) is 21.6 Å². The van der Waals surface area contributed by atoms with Crippen LogP contribution in [-0.4, -0.2) is 16.4 Å². The normalized spacial score (nSPS) is 11.5. The van der Waals surface area contributed by atoms with E-state index >= 15 is 0 Å². The van der Waals surface area contributed by atoms with Gasteiger partial charge in [-0.25, -0.2) is 0 Å². The minimum atomic E-state index is -5.05. The van der Waals surface area contributed by atoms with Crippen LogP contribution in [0.15, 0.2) is 27.1 Å². The summed E-state index contributed by atoms with van der Waals surface area (Å²) in [6, 6.07) is 2.49. The molecule has 0 aliphatic rings. The Bertz CT molecular complexity index is 1030. The Hall–Kier alpha value is -2.21. The van der Waals surface area contributed by atoms with E-state index in [1.54, 1.807) is 26.8 Å². The summed E-state index contributed by atoms with van der Waals surface area (Å²) in [4.78, 5) is 21.8. The van der Waals surface area contributed by atoms with Gasteiger partial charge in [0.15, 0.2) is 0 Å². The predicted octanol–water partition coefficient (Wildman–Crippen LogP) is 7.21. The highest BCUT2D eigenvalue weighted by molar-refractivity contribution is 9.11. The van der Waals surface area contributed by atoms with Gasteiger partial charge in [-0.3, -0.25) is 20.2 Å². The van der Waals surface area contributed by atoms with Gasteiger partial charge < -0.3 is 4.90 Å². The van der Waals surface area contributed by atoms with Crippen molar-refractivity contribution >= 4 is 54.6 Å². The van der Waals surface area contributed by atoms with Crippen LogP contribution >= 0.6 is 31.9 Å². The summed E-state index contributed by atoms with van der Waals surface area (Å²) in [5.41, 5.74) is -2.47. The Morgan fingerprint density at radius 1 is 1.03 bits per heavy atom. The number of non-ortho nitro benzene ring substituents is 1. The molecule has 0 spiro atoms. The molecule has 0 unspecified atom stereocenters. The molecule has 0 aliphatic carbocycles. The third kappa shape index (κ3) is 4.59. The second kappa shape index (κ2) is 8.88. The maximum Gasteiger partial charge on any atom is 0.418 e. The lowest BCUT2D eigenvalue weighted by Crippen LogP contribution is -2.24. The fourth-order valence-electron chi connectivity index (χ4n) is 3.04. The average molecular weight is 555 g/mol. The largest absolute Gasteiger partial charge is 0.418 e. The Balaban J connectivity index is 3.00. The Labute approximate surface area is 186 Å². The molecule has 2 aromatic rings. The molecule has 2 rings (SSSR count). The standard InChI is InChI=1S/C18H16Br2F3N3O4/c1-4-5-24(13-6-9(2)15(19)10(3)16(13)20)17-12(18(21,22)23)7-11(25(27)28)8-14(17)26(29)30/h6-8H,4-5H2,1-3H3. The number of halogens is 5. The van der Waals surface area contributed by atoms with Crippen molar-refractivity contribution in [2.75, 3.05) is 11.4 Å². The van der Waals surface area contributed by atoms with Crippen LogP contribution in [0.25, 0.3) is 0 Å². The van der Waals surface area contributed by atoms with Crippen molar-refractivity contribution in [3.05, 3.63) is 64.1 Å². The van der Waals surface area contributed by atoms with Crippen LogP contribution in [0.2, 0.25) is 0 Å². The van der Waals surface area contributed by atoms with Gasteiger partial charge in [-0.05, 0) is 53.4 Å². The van der Waals surface area contributed by atoms with Crippen molar-refractivity contribution in [3.8, 4) is 0 Å². The van der Waals surface area contributed by atoms with E-state index in [2.05, 4.69) is 31.9 Å². The summed E-state index contributed by atoms with van der Waals surface area (Å²) in [5.74, 6) is 0. The van der Waals surface area contributed by atoms with Crippen LogP contribution in [0.3, 0.4) is 0 Å². The Morgan fingerprint density at radius 3 is 2.10 bits per heavy atom. The molecule has 2 aromatic carbocycles. The lowest BCUT2D eigenvalue weighted by atomic mass is 10.0.